The Labute approximate surface area is 124 Å². The number of fused-ring (bicyclic) bond motifs is 2. The molecule has 0 aromatic carbocycles. The van der Waals surface area contributed by atoms with E-state index in [1.807, 2.05) is 0 Å². The summed E-state index contributed by atoms with van der Waals surface area (Å²) in [4.78, 5) is 26.3. The lowest BCUT2D eigenvalue weighted by Gasteiger charge is -2.45. The minimum atomic E-state index is -0.176. The van der Waals surface area contributed by atoms with Crippen molar-refractivity contribution in [3.05, 3.63) is 33.7 Å². The third kappa shape index (κ3) is 2.88. The van der Waals surface area contributed by atoms with Gasteiger partial charge in [-0.15, -0.1) is 0 Å². The maximum Gasteiger partial charge on any atom is 0.253 e. The number of aromatic amines is 1. The maximum atomic E-state index is 12.5. The molecule has 2 bridgehead atoms. The summed E-state index contributed by atoms with van der Waals surface area (Å²) in [5.41, 5.74) is 7.22. The molecule has 2 aliphatic rings. The predicted molar refractivity (Wildman–Crippen MR) is 81.1 cm³/mol. The van der Waals surface area contributed by atoms with Crippen molar-refractivity contribution in [3.63, 3.8) is 0 Å². The lowest BCUT2D eigenvalue weighted by Crippen LogP contribution is -2.53. The monoisotopic (exact) mass is 289 g/mol. The van der Waals surface area contributed by atoms with Crippen LogP contribution in [0.25, 0.3) is 0 Å². The summed E-state index contributed by atoms with van der Waals surface area (Å²) in [6.45, 7) is 1.79. The first-order chi connectivity index (χ1) is 10.0. The molecule has 2 fully saturated rings. The molecule has 114 valence electrons. The smallest absolute Gasteiger partial charge is 0.253 e. The van der Waals surface area contributed by atoms with E-state index < -0.39 is 0 Å². The fraction of sp³-hybridized carbons (Fsp3) is 0.625. The fourth-order valence-corrected chi connectivity index (χ4v) is 4.07. The molecule has 1 aromatic heterocycles. The van der Waals surface area contributed by atoms with Gasteiger partial charge in [0.15, 0.2) is 0 Å². The number of H-pyrrole nitrogens is 1. The van der Waals surface area contributed by atoms with E-state index in [1.165, 1.54) is 18.7 Å². The van der Waals surface area contributed by atoms with Gasteiger partial charge in [0.05, 0.1) is 5.56 Å². The van der Waals surface area contributed by atoms with E-state index in [1.54, 1.807) is 6.92 Å². The Kier molecular flexibility index (Phi) is 3.85. The minimum Gasteiger partial charge on any atom is -0.349 e. The van der Waals surface area contributed by atoms with E-state index in [9.17, 15) is 9.59 Å². The van der Waals surface area contributed by atoms with Gasteiger partial charge in [-0.25, -0.2) is 0 Å². The number of carbonyl (C=O) groups is 1. The van der Waals surface area contributed by atoms with Crippen LogP contribution >= 0.6 is 0 Å². The van der Waals surface area contributed by atoms with Gasteiger partial charge < -0.3 is 16.0 Å². The van der Waals surface area contributed by atoms with Crippen molar-refractivity contribution in [2.45, 2.75) is 51.1 Å². The van der Waals surface area contributed by atoms with Crippen LogP contribution in [0.1, 0.15) is 48.0 Å². The standard InChI is InChI=1S/C16H23N3O2/c1-9-5-14(20)18-8-13(9)16(21)19-15-10-3-2-4-11(15)7-12(17)6-10/h5,8,10-12,15H,2-4,6-7,17H2,1H3,(H,18,20)(H,19,21). The highest BCUT2D eigenvalue weighted by atomic mass is 16.2. The molecule has 1 heterocycles. The van der Waals surface area contributed by atoms with Crippen LogP contribution in [-0.4, -0.2) is 23.0 Å². The largest absolute Gasteiger partial charge is 0.349 e. The van der Waals surface area contributed by atoms with Crippen LogP contribution in [0, 0.1) is 18.8 Å². The number of aryl methyl sites for hydroxylation is 1. The molecule has 0 aliphatic heterocycles. The highest BCUT2D eigenvalue weighted by molar-refractivity contribution is 5.95. The second-order valence-electron chi connectivity index (χ2n) is 6.58. The molecule has 1 amide bonds. The van der Waals surface area contributed by atoms with Crippen LogP contribution in [0.5, 0.6) is 0 Å². The predicted octanol–water partition coefficient (Wildman–Crippen LogP) is 1.32. The summed E-state index contributed by atoms with van der Waals surface area (Å²) in [7, 11) is 0. The van der Waals surface area contributed by atoms with Gasteiger partial charge in [-0.2, -0.15) is 0 Å². The molecule has 2 aliphatic carbocycles. The van der Waals surface area contributed by atoms with Crippen molar-refractivity contribution in [3.8, 4) is 0 Å². The third-order valence-electron chi connectivity index (χ3n) is 5.05. The Morgan fingerprint density at radius 2 is 2.00 bits per heavy atom. The molecule has 2 saturated carbocycles. The molecule has 5 nitrogen and oxygen atoms in total. The first-order valence-corrected chi connectivity index (χ1v) is 7.80. The van der Waals surface area contributed by atoms with Crippen LogP contribution in [0.3, 0.4) is 0 Å². The van der Waals surface area contributed by atoms with Gasteiger partial charge in [-0.1, -0.05) is 6.42 Å². The topological polar surface area (TPSA) is 88.0 Å². The van der Waals surface area contributed by atoms with Crippen molar-refractivity contribution in [2.75, 3.05) is 0 Å². The molecule has 0 spiro atoms. The highest BCUT2D eigenvalue weighted by Crippen LogP contribution is 2.39. The molecule has 2 atom stereocenters. The number of amides is 1. The summed E-state index contributed by atoms with van der Waals surface area (Å²) in [6, 6.07) is 1.98. The fourth-order valence-electron chi connectivity index (χ4n) is 4.07. The van der Waals surface area contributed by atoms with Crippen molar-refractivity contribution in [2.24, 2.45) is 17.6 Å². The molecule has 0 saturated heterocycles. The molecule has 3 rings (SSSR count). The lowest BCUT2D eigenvalue weighted by atomic mass is 9.67. The normalized spacial score (nSPS) is 31.7. The number of hydrogen-bond donors (Lipinski definition) is 3. The van der Waals surface area contributed by atoms with Crippen molar-refractivity contribution in [1.82, 2.24) is 10.3 Å². The van der Waals surface area contributed by atoms with Gasteiger partial charge in [0, 0.05) is 24.3 Å². The highest BCUT2D eigenvalue weighted by Gasteiger charge is 2.40. The van der Waals surface area contributed by atoms with Crippen LogP contribution in [-0.2, 0) is 0 Å². The molecule has 2 unspecified atom stereocenters. The summed E-state index contributed by atoms with van der Waals surface area (Å²) >= 11 is 0. The number of carbonyl (C=O) groups excluding carboxylic acids is 1. The van der Waals surface area contributed by atoms with Crippen LogP contribution < -0.4 is 16.6 Å². The number of nitrogens with one attached hydrogen (secondary N) is 2. The quantitative estimate of drug-likeness (QED) is 0.767. The minimum absolute atomic E-state index is 0.0823. The zero-order chi connectivity index (χ0) is 15.0. The Morgan fingerprint density at radius 3 is 2.62 bits per heavy atom. The van der Waals surface area contributed by atoms with Crippen molar-refractivity contribution in [1.29, 1.82) is 0 Å². The maximum absolute atomic E-state index is 12.5. The molecule has 21 heavy (non-hydrogen) atoms. The number of hydrogen-bond acceptors (Lipinski definition) is 3. The van der Waals surface area contributed by atoms with Gasteiger partial charge in [-0.3, -0.25) is 9.59 Å². The summed E-state index contributed by atoms with van der Waals surface area (Å²) < 4.78 is 0. The number of nitrogens with two attached hydrogens (primary N) is 1. The Balaban J connectivity index is 1.76. The zero-order valence-electron chi connectivity index (χ0n) is 12.4. The number of aromatic nitrogens is 1. The Bertz CT molecular complexity index is 581. The van der Waals surface area contributed by atoms with Crippen LogP contribution in [0.15, 0.2) is 17.1 Å². The summed E-state index contributed by atoms with van der Waals surface area (Å²) in [5, 5.41) is 3.20. The van der Waals surface area contributed by atoms with Gasteiger partial charge in [0.1, 0.15) is 0 Å². The summed E-state index contributed by atoms with van der Waals surface area (Å²) in [5.74, 6) is 0.917. The second-order valence-corrected chi connectivity index (χ2v) is 6.58. The molecule has 4 N–H and O–H groups in total. The van der Waals surface area contributed by atoms with E-state index in [0.717, 1.165) is 25.7 Å². The van der Waals surface area contributed by atoms with Crippen molar-refractivity contribution < 1.29 is 4.79 Å². The SMILES string of the molecule is Cc1cc(=O)[nH]cc1C(=O)NC1C2CCCC1CC(N)C2. The van der Waals surface area contributed by atoms with Crippen molar-refractivity contribution >= 4 is 5.91 Å². The van der Waals surface area contributed by atoms with E-state index in [2.05, 4.69) is 10.3 Å². The first-order valence-electron chi connectivity index (χ1n) is 7.80. The molecule has 1 aromatic rings. The van der Waals surface area contributed by atoms with Gasteiger partial charge in [0.25, 0.3) is 5.91 Å². The van der Waals surface area contributed by atoms with E-state index in [4.69, 9.17) is 5.73 Å². The Hall–Kier alpha value is -1.62. The second kappa shape index (κ2) is 5.64. The average Bonchev–Trinajstić information content (AvgIpc) is 2.39. The van der Waals surface area contributed by atoms with E-state index in [-0.39, 0.29) is 23.6 Å². The van der Waals surface area contributed by atoms with Gasteiger partial charge in [-0.05, 0) is 50.0 Å². The zero-order valence-corrected chi connectivity index (χ0v) is 12.4. The van der Waals surface area contributed by atoms with Crippen LogP contribution in [0.4, 0.5) is 0 Å². The summed E-state index contributed by atoms with van der Waals surface area (Å²) in [6.07, 6.45) is 7.07. The molecular formula is C16H23N3O2. The average molecular weight is 289 g/mol. The number of pyridine rings is 1. The lowest BCUT2D eigenvalue weighted by molar-refractivity contribution is 0.0755. The molecule has 5 heteroatoms. The van der Waals surface area contributed by atoms with E-state index in [0.29, 0.717) is 23.0 Å². The van der Waals surface area contributed by atoms with Crippen LogP contribution in [0.2, 0.25) is 0 Å². The van der Waals surface area contributed by atoms with Gasteiger partial charge >= 0.3 is 0 Å². The molecule has 0 radical (unpaired) electrons. The first kappa shape index (κ1) is 14.3. The van der Waals surface area contributed by atoms with Gasteiger partial charge in [0.2, 0.25) is 5.56 Å². The third-order valence-corrected chi connectivity index (χ3v) is 5.05. The number of rotatable bonds is 2. The molecular weight excluding hydrogens is 266 g/mol. The van der Waals surface area contributed by atoms with E-state index >= 15 is 0 Å². The Morgan fingerprint density at radius 1 is 1.33 bits per heavy atom.